The van der Waals surface area contributed by atoms with E-state index < -0.39 is 0 Å². The predicted molar refractivity (Wildman–Crippen MR) is 63.5 cm³/mol. The minimum absolute atomic E-state index is 0.109. The largest absolute Gasteiger partial charge is 0.357 e. The van der Waals surface area contributed by atoms with Crippen LogP contribution in [-0.2, 0) is 11.2 Å². The van der Waals surface area contributed by atoms with Gasteiger partial charge in [0.1, 0.15) is 11.9 Å². The number of para-hydroxylation sites is 1. The SMILES string of the molecule is CN1CCCN2c3c(F)cccc3CC2C1=O. The number of hydrogen-bond acceptors (Lipinski definition) is 2. The minimum atomic E-state index is -0.206. The van der Waals surface area contributed by atoms with Crippen LogP contribution in [0.25, 0.3) is 0 Å². The van der Waals surface area contributed by atoms with Crippen LogP contribution in [0.15, 0.2) is 18.2 Å². The molecule has 0 bridgehead atoms. The van der Waals surface area contributed by atoms with Crippen molar-refractivity contribution in [1.29, 1.82) is 0 Å². The Hall–Kier alpha value is -1.58. The van der Waals surface area contributed by atoms with Crippen molar-refractivity contribution in [2.45, 2.75) is 18.9 Å². The third-order valence-electron chi connectivity index (χ3n) is 3.70. The molecular formula is C13H15FN2O. The molecule has 2 heterocycles. The number of halogens is 1. The molecule has 2 aliphatic rings. The lowest BCUT2D eigenvalue weighted by Gasteiger charge is -2.25. The number of carbonyl (C=O) groups excluding carboxylic acids is 1. The smallest absolute Gasteiger partial charge is 0.245 e. The van der Waals surface area contributed by atoms with Crippen molar-refractivity contribution in [3.8, 4) is 0 Å². The maximum Gasteiger partial charge on any atom is 0.245 e. The average Bonchev–Trinajstić information content (AvgIpc) is 2.62. The molecule has 1 unspecified atom stereocenters. The Labute approximate surface area is 99.8 Å². The van der Waals surface area contributed by atoms with Gasteiger partial charge in [0, 0.05) is 26.6 Å². The number of hydrogen-bond donors (Lipinski definition) is 0. The number of likely N-dealkylation sites (N-methyl/N-ethyl adjacent to an activating group) is 1. The van der Waals surface area contributed by atoms with Crippen LogP contribution in [0.1, 0.15) is 12.0 Å². The highest BCUT2D eigenvalue weighted by molar-refractivity contribution is 5.88. The molecule has 3 rings (SSSR count). The Kier molecular flexibility index (Phi) is 2.31. The standard InChI is InChI=1S/C13H15FN2O/c1-15-6-3-7-16-11(13(15)17)8-9-4-2-5-10(14)12(9)16/h2,4-5,11H,3,6-8H2,1H3. The van der Waals surface area contributed by atoms with E-state index in [1.54, 1.807) is 11.0 Å². The molecule has 0 spiro atoms. The van der Waals surface area contributed by atoms with Gasteiger partial charge in [-0.2, -0.15) is 0 Å². The van der Waals surface area contributed by atoms with E-state index in [1.165, 1.54) is 6.07 Å². The van der Waals surface area contributed by atoms with Crippen molar-refractivity contribution in [2.24, 2.45) is 0 Å². The van der Waals surface area contributed by atoms with Crippen LogP contribution in [0.2, 0.25) is 0 Å². The van der Waals surface area contributed by atoms with Crippen molar-refractivity contribution in [3.05, 3.63) is 29.6 Å². The molecule has 1 atom stereocenters. The molecule has 2 aliphatic heterocycles. The molecular weight excluding hydrogens is 219 g/mol. The predicted octanol–water partition coefficient (Wildman–Crippen LogP) is 1.42. The van der Waals surface area contributed by atoms with E-state index in [-0.39, 0.29) is 17.8 Å². The van der Waals surface area contributed by atoms with Gasteiger partial charge in [-0.15, -0.1) is 0 Å². The number of benzene rings is 1. The third kappa shape index (κ3) is 1.51. The zero-order valence-corrected chi connectivity index (χ0v) is 9.82. The van der Waals surface area contributed by atoms with Gasteiger partial charge in [0.05, 0.1) is 5.69 Å². The van der Waals surface area contributed by atoms with Crippen LogP contribution >= 0.6 is 0 Å². The Bertz CT molecular complexity index is 474. The molecule has 1 aromatic rings. The summed E-state index contributed by atoms with van der Waals surface area (Å²) in [5.41, 5.74) is 1.60. The lowest BCUT2D eigenvalue weighted by Crippen LogP contribution is -2.43. The zero-order valence-electron chi connectivity index (χ0n) is 9.82. The van der Waals surface area contributed by atoms with Gasteiger partial charge in [0.15, 0.2) is 0 Å². The Morgan fingerprint density at radius 2 is 2.18 bits per heavy atom. The summed E-state index contributed by atoms with van der Waals surface area (Å²) in [6, 6.07) is 4.91. The molecule has 4 heteroatoms. The van der Waals surface area contributed by atoms with Gasteiger partial charge >= 0.3 is 0 Å². The van der Waals surface area contributed by atoms with E-state index in [0.717, 1.165) is 25.1 Å². The topological polar surface area (TPSA) is 23.6 Å². The monoisotopic (exact) mass is 234 g/mol. The number of amides is 1. The molecule has 1 amide bonds. The molecule has 17 heavy (non-hydrogen) atoms. The van der Waals surface area contributed by atoms with E-state index in [9.17, 15) is 9.18 Å². The fourth-order valence-corrected chi connectivity index (χ4v) is 2.85. The minimum Gasteiger partial charge on any atom is -0.357 e. The molecule has 0 aliphatic carbocycles. The van der Waals surface area contributed by atoms with Crippen molar-refractivity contribution in [3.63, 3.8) is 0 Å². The molecule has 0 aromatic heterocycles. The van der Waals surface area contributed by atoms with Crippen LogP contribution in [0, 0.1) is 5.82 Å². The first kappa shape index (κ1) is 10.6. The highest BCUT2D eigenvalue weighted by Crippen LogP contribution is 2.36. The van der Waals surface area contributed by atoms with E-state index in [1.807, 2.05) is 18.0 Å². The second kappa shape index (κ2) is 3.72. The van der Waals surface area contributed by atoms with Crippen LogP contribution in [0.4, 0.5) is 10.1 Å². The van der Waals surface area contributed by atoms with Crippen molar-refractivity contribution < 1.29 is 9.18 Å². The lowest BCUT2D eigenvalue weighted by atomic mass is 10.1. The summed E-state index contributed by atoms with van der Waals surface area (Å²) in [5.74, 6) is -0.0968. The maximum atomic E-state index is 13.9. The van der Waals surface area contributed by atoms with Gasteiger partial charge in [-0.25, -0.2) is 4.39 Å². The van der Waals surface area contributed by atoms with E-state index in [2.05, 4.69) is 0 Å². The summed E-state index contributed by atoms with van der Waals surface area (Å²) in [6.07, 6.45) is 1.53. The van der Waals surface area contributed by atoms with E-state index in [0.29, 0.717) is 12.1 Å². The Morgan fingerprint density at radius 1 is 1.35 bits per heavy atom. The number of carbonyl (C=O) groups is 1. The summed E-state index contributed by atoms with van der Waals surface area (Å²) in [7, 11) is 1.82. The first-order chi connectivity index (χ1) is 8.18. The summed E-state index contributed by atoms with van der Waals surface area (Å²) in [4.78, 5) is 15.9. The maximum absolute atomic E-state index is 13.9. The molecule has 0 saturated carbocycles. The third-order valence-corrected chi connectivity index (χ3v) is 3.70. The fourth-order valence-electron chi connectivity index (χ4n) is 2.85. The average molecular weight is 234 g/mol. The van der Waals surface area contributed by atoms with Gasteiger partial charge in [-0.05, 0) is 18.1 Å². The Morgan fingerprint density at radius 3 is 3.00 bits per heavy atom. The second-order valence-corrected chi connectivity index (χ2v) is 4.77. The van der Waals surface area contributed by atoms with Gasteiger partial charge < -0.3 is 9.80 Å². The van der Waals surface area contributed by atoms with Crippen molar-refractivity contribution >= 4 is 11.6 Å². The molecule has 1 aromatic carbocycles. The Balaban J connectivity index is 2.04. The number of nitrogens with zero attached hydrogens (tertiary/aromatic N) is 2. The highest BCUT2D eigenvalue weighted by atomic mass is 19.1. The van der Waals surface area contributed by atoms with Gasteiger partial charge in [-0.3, -0.25) is 4.79 Å². The summed E-state index contributed by atoms with van der Waals surface area (Å²) in [6.45, 7) is 1.52. The highest BCUT2D eigenvalue weighted by Gasteiger charge is 2.38. The van der Waals surface area contributed by atoms with Crippen LogP contribution in [0.3, 0.4) is 0 Å². The summed E-state index contributed by atoms with van der Waals surface area (Å²) < 4.78 is 13.9. The molecule has 1 fully saturated rings. The number of fused-ring (bicyclic) bond motifs is 3. The fraction of sp³-hybridized carbons (Fsp3) is 0.462. The van der Waals surface area contributed by atoms with Crippen LogP contribution in [0.5, 0.6) is 0 Å². The van der Waals surface area contributed by atoms with Crippen LogP contribution < -0.4 is 4.90 Å². The first-order valence-corrected chi connectivity index (χ1v) is 5.97. The van der Waals surface area contributed by atoms with Crippen molar-refractivity contribution in [2.75, 3.05) is 25.0 Å². The first-order valence-electron chi connectivity index (χ1n) is 5.97. The van der Waals surface area contributed by atoms with Gasteiger partial charge in [-0.1, -0.05) is 12.1 Å². The zero-order chi connectivity index (χ0) is 12.0. The molecule has 0 radical (unpaired) electrons. The molecule has 90 valence electrons. The number of rotatable bonds is 0. The summed E-state index contributed by atoms with van der Waals surface area (Å²) in [5, 5.41) is 0. The van der Waals surface area contributed by atoms with E-state index in [4.69, 9.17) is 0 Å². The second-order valence-electron chi connectivity index (χ2n) is 4.77. The molecule has 3 nitrogen and oxygen atoms in total. The quantitative estimate of drug-likeness (QED) is 0.678. The van der Waals surface area contributed by atoms with Gasteiger partial charge in [0.2, 0.25) is 5.91 Å². The lowest BCUT2D eigenvalue weighted by molar-refractivity contribution is -0.130. The van der Waals surface area contributed by atoms with E-state index >= 15 is 0 Å². The van der Waals surface area contributed by atoms with Crippen LogP contribution in [-0.4, -0.2) is 37.0 Å². The molecule has 1 saturated heterocycles. The van der Waals surface area contributed by atoms with Crippen molar-refractivity contribution in [1.82, 2.24) is 4.90 Å². The normalized spacial score (nSPS) is 23.4. The molecule has 0 N–H and O–H groups in total. The number of anilines is 1. The van der Waals surface area contributed by atoms with Gasteiger partial charge in [0.25, 0.3) is 0 Å². The summed E-state index contributed by atoms with van der Waals surface area (Å²) >= 11 is 0.